The number of para-hydroxylation sites is 1. The summed E-state index contributed by atoms with van der Waals surface area (Å²) in [6, 6.07) is 30.9. The van der Waals surface area contributed by atoms with Crippen molar-refractivity contribution in [3.8, 4) is 28.7 Å². The van der Waals surface area contributed by atoms with Crippen molar-refractivity contribution in [1.29, 1.82) is 0 Å². The second kappa shape index (κ2) is 18.1. The summed E-state index contributed by atoms with van der Waals surface area (Å²) in [5, 5.41) is 11.8. The van der Waals surface area contributed by atoms with Crippen molar-refractivity contribution in [2.24, 2.45) is 29.6 Å². The van der Waals surface area contributed by atoms with Gasteiger partial charge in [-0.05, 0) is 103 Å². The highest BCUT2D eigenvalue weighted by molar-refractivity contribution is 6.24. The third kappa shape index (κ3) is 7.63. The number of allylic oxidation sites excluding steroid dienone is 3. The fourth-order valence-electron chi connectivity index (χ4n) is 10.4. The lowest BCUT2D eigenvalue weighted by Crippen LogP contribution is -2.43. The number of anilines is 2. The Morgan fingerprint density at radius 1 is 0.606 bits per heavy atom. The largest absolute Gasteiger partial charge is 0.507 e. The van der Waals surface area contributed by atoms with Gasteiger partial charge in [-0.15, -0.1) is 6.58 Å². The Morgan fingerprint density at radius 2 is 1.14 bits per heavy atom. The molecule has 0 spiro atoms. The van der Waals surface area contributed by atoms with Gasteiger partial charge in [-0.2, -0.15) is 0 Å². The zero-order valence-corrected chi connectivity index (χ0v) is 37.2. The average molecular weight is 883 g/mol. The van der Waals surface area contributed by atoms with Gasteiger partial charge in [-0.3, -0.25) is 29.0 Å². The summed E-state index contributed by atoms with van der Waals surface area (Å²) >= 11 is 0. The van der Waals surface area contributed by atoms with E-state index in [2.05, 4.69) is 6.58 Å². The van der Waals surface area contributed by atoms with E-state index in [0.29, 0.717) is 51.9 Å². The van der Waals surface area contributed by atoms with Crippen molar-refractivity contribution in [3.63, 3.8) is 0 Å². The molecule has 1 N–H and O–H groups in total. The molecule has 11 heteroatoms. The number of aromatic hydroxyl groups is 1. The monoisotopic (exact) mass is 882 g/mol. The molecule has 4 aliphatic rings. The second-order valence-electron chi connectivity index (χ2n) is 17.0. The van der Waals surface area contributed by atoms with Crippen LogP contribution in [0.15, 0.2) is 127 Å². The highest BCUT2D eigenvalue weighted by Gasteiger charge is 2.62. The van der Waals surface area contributed by atoms with E-state index in [0.717, 1.165) is 27.8 Å². The summed E-state index contributed by atoms with van der Waals surface area (Å²) in [5.74, 6) is -2.91. The molecule has 9 rings (SSSR count). The molecule has 0 unspecified atom stereocenters. The van der Waals surface area contributed by atoms with E-state index in [-0.39, 0.29) is 42.2 Å². The van der Waals surface area contributed by atoms with E-state index in [1.54, 1.807) is 64.8 Å². The molecule has 2 aliphatic carbocycles. The molecular weight excluding hydrogens is 833 g/mol. The molecule has 2 aliphatic heterocycles. The summed E-state index contributed by atoms with van der Waals surface area (Å²) in [4.78, 5) is 61.2. The van der Waals surface area contributed by atoms with Crippen molar-refractivity contribution in [1.82, 2.24) is 0 Å². The van der Waals surface area contributed by atoms with E-state index in [4.69, 9.17) is 18.9 Å². The molecule has 5 aromatic carbocycles. The fourth-order valence-corrected chi connectivity index (χ4v) is 10.4. The summed E-state index contributed by atoms with van der Waals surface area (Å²) in [7, 11) is 6.41. The molecule has 0 aromatic heterocycles. The Bertz CT molecular complexity index is 2840. The van der Waals surface area contributed by atoms with Gasteiger partial charge in [0.2, 0.25) is 23.6 Å². The highest BCUT2D eigenvalue weighted by Crippen LogP contribution is 2.59. The number of nitrogens with zero attached hydrogens (tertiary/aromatic N) is 2. The number of benzene rings is 5. The number of imide groups is 2. The third-order valence-electron chi connectivity index (χ3n) is 13.6. The van der Waals surface area contributed by atoms with Crippen molar-refractivity contribution in [3.05, 3.63) is 161 Å². The zero-order chi connectivity index (χ0) is 46.2. The van der Waals surface area contributed by atoms with Crippen LogP contribution >= 0.6 is 0 Å². The predicted octanol–water partition coefficient (Wildman–Crippen LogP) is 9.54. The van der Waals surface area contributed by atoms with Crippen LogP contribution in [0, 0.1) is 29.6 Å². The summed E-state index contributed by atoms with van der Waals surface area (Å²) in [6.07, 6.45) is 12.2. The first-order valence-corrected chi connectivity index (χ1v) is 22.0. The Kier molecular flexibility index (Phi) is 11.9. The molecule has 334 valence electrons. The molecule has 11 nitrogen and oxygen atoms in total. The number of methoxy groups -OCH3 is 4. The zero-order valence-electron chi connectivity index (χ0n) is 37.2. The number of phenols is 1. The van der Waals surface area contributed by atoms with Gasteiger partial charge >= 0.3 is 0 Å². The standard InChI is InChI=1S/C55H50N2O9/c1-6-8-34-9-7-10-42(51(34)58)48-41-25-26-43-49(54(61)56(52(43)59)37-19-13-32(14-20-37)11-17-35-29-39(63-2)23-27-46(35)65-4)44(41)31-45-50(48)55(62)57(53(45)60)38-21-15-33(16-22-38)12-18-36-30-40(64-3)24-28-47(36)66-5/h6-7,9-25,27-30,43-45,48-50,58H,1,8,26,31H2,2-5H3/t43-,44+,45+,48+,49-,50+/m0/s1. The molecule has 3 fully saturated rings. The summed E-state index contributed by atoms with van der Waals surface area (Å²) in [5.41, 5.74) is 6.15. The first-order valence-electron chi connectivity index (χ1n) is 22.0. The number of ether oxygens (including phenoxy) is 4. The number of fused-ring (bicyclic) bond motifs is 4. The normalized spacial score (nSPS) is 22.3. The van der Waals surface area contributed by atoms with Crippen molar-refractivity contribution < 1.29 is 43.2 Å². The number of carbonyl (C=O) groups is 4. The van der Waals surface area contributed by atoms with Crippen LogP contribution in [0.25, 0.3) is 24.3 Å². The van der Waals surface area contributed by atoms with Crippen LogP contribution in [0.2, 0.25) is 0 Å². The number of amides is 4. The molecule has 2 heterocycles. The van der Waals surface area contributed by atoms with Gasteiger partial charge in [-0.25, -0.2) is 0 Å². The Balaban J connectivity index is 1.02. The minimum Gasteiger partial charge on any atom is -0.507 e. The third-order valence-corrected chi connectivity index (χ3v) is 13.6. The second-order valence-corrected chi connectivity index (χ2v) is 17.0. The SMILES string of the molecule is C=CCc1cccc([C@H]2C3=CC[C@@H]4C(=O)N(c5ccc(C=Cc6cc(OC)ccc6OC)cc5)C(=O)[C@@H]4[C@@H]3C[C@H]3C(=O)N(c4ccc(C=Cc5cc(OC)ccc5OC)cc4)C(=O)[C@@H]23)c1O. The number of phenolic OH excluding ortho intramolecular Hbond substituents is 1. The maximum atomic E-state index is 14.8. The van der Waals surface area contributed by atoms with Crippen LogP contribution in [-0.2, 0) is 25.6 Å². The van der Waals surface area contributed by atoms with Gasteiger partial charge < -0.3 is 24.1 Å². The Hall–Kier alpha value is -7.66. The minimum atomic E-state index is -0.845. The molecular formula is C55H50N2O9. The molecule has 1 saturated carbocycles. The van der Waals surface area contributed by atoms with Crippen LogP contribution in [0.3, 0.4) is 0 Å². The van der Waals surface area contributed by atoms with Crippen LogP contribution in [0.1, 0.15) is 52.1 Å². The molecule has 5 aromatic rings. The van der Waals surface area contributed by atoms with Crippen molar-refractivity contribution in [2.45, 2.75) is 25.2 Å². The van der Waals surface area contributed by atoms with E-state index in [1.165, 1.54) is 9.80 Å². The van der Waals surface area contributed by atoms with Gasteiger partial charge in [0.05, 0.1) is 63.5 Å². The lowest BCUT2D eigenvalue weighted by Gasteiger charge is -2.44. The van der Waals surface area contributed by atoms with E-state index < -0.39 is 35.5 Å². The number of hydrogen-bond donors (Lipinski definition) is 1. The summed E-state index contributed by atoms with van der Waals surface area (Å²) < 4.78 is 21.8. The Labute approximate surface area is 383 Å². The number of hydrogen-bond acceptors (Lipinski definition) is 9. The van der Waals surface area contributed by atoms with Crippen molar-refractivity contribution >= 4 is 59.3 Å². The molecule has 4 amide bonds. The smallest absolute Gasteiger partial charge is 0.238 e. The Morgan fingerprint density at radius 3 is 1.65 bits per heavy atom. The average Bonchev–Trinajstić information content (AvgIpc) is 3.75. The van der Waals surface area contributed by atoms with Gasteiger partial charge in [0.25, 0.3) is 0 Å². The quantitative estimate of drug-likeness (QED) is 0.0698. The molecule has 66 heavy (non-hydrogen) atoms. The van der Waals surface area contributed by atoms with E-state index >= 15 is 0 Å². The van der Waals surface area contributed by atoms with Gasteiger partial charge in [0.15, 0.2) is 0 Å². The lowest BCUT2D eigenvalue weighted by atomic mass is 9.57. The maximum absolute atomic E-state index is 14.8. The van der Waals surface area contributed by atoms with Gasteiger partial charge in [-0.1, -0.05) is 84.5 Å². The molecule has 0 radical (unpaired) electrons. The first kappa shape index (κ1) is 43.6. The van der Waals surface area contributed by atoms with E-state index in [1.807, 2.05) is 103 Å². The van der Waals surface area contributed by atoms with Crippen LogP contribution in [-0.4, -0.2) is 57.2 Å². The minimum absolute atomic E-state index is 0.0294. The molecule has 6 atom stereocenters. The number of rotatable bonds is 13. The van der Waals surface area contributed by atoms with Gasteiger partial charge in [0, 0.05) is 22.6 Å². The van der Waals surface area contributed by atoms with Gasteiger partial charge in [0.1, 0.15) is 28.7 Å². The number of carbonyl (C=O) groups excluding carboxylic acids is 4. The van der Waals surface area contributed by atoms with Crippen LogP contribution < -0.4 is 28.7 Å². The van der Waals surface area contributed by atoms with Crippen molar-refractivity contribution in [2.75, 3.05) is 38.2 Å². The predicted molar refractivity (Wildman–Crippen MR) is 254 cm³/mol. The maximum Gasteiger partial charge on any atom is 0.238 e. The highest BCUT2D eigenvalue weighted by atomic mass is 16.5. The molecule has 2 saturated heterocycles. The first-order chi connectivity index (χ1) is 32.1. The van der Waals surface area contributed by atoms with Crippen LogP contribution in [0.5, 0.6) is 28.7 Å². The van der Waals surface area contributed by atoms with E-state index in [9.17, 15) is 24.3 Å². The topological polar surface area (TPSA) is 132 Å². The lowest BCUT2D eigenvalue weighted by molar-refractivity contribution is -0.126. The summed E-state index contributed by atoms with van der Waals surface area (Å²) in [6.45, 7) is 3.86. The fraction of sp³-hybridized carbons (Fsp3) is 0.236. The molecule has 0 bridgehead atoms. The van der Waals surface area contributed by atoms with Crippen LogP contribution in [0.4, 0.5) is 11.4 Å².